The van der Waals surface area contributed by atoms with Crippen LogP contribution in [0.25, 0.3) is 116 Å². The predicted molar refractivity (Wildman–Crippen MR) is 240 cm³/mol. The van der Waals surface area contributed by atoms with Crippen molar-refractivity contribution in [3.63, 3.8) is 0 Å². The maximum Gasteiger partial charge on any atom is 0.235 e. The molecule has 270 valence electrons. The minimum absolute atomic E-state index is 0.634. The second-order valence-corrected chi connectivity index (χ2v) is 15.0. The first-order valence-corrected chi connectivity index (χ1v) is 19.6. The summed E-state index contributed by atoms with van der Waals surface area (Å²) >= 11 is 0. The zero-order valence-corrected chi connectivity index (χ0v) is 31.3. The summed E-state index contributed by atoms with van der Waals surface area (Å²) in [6, 6.07) is 71.0. The summed E-state index contributed by atoms with van der Waals surface area (Å²) < 4.78 is 8.44. The molecule has 0 amide bonds. The van der Waals surface area contributed by atoms with E-state index in [0.29, 0.717) is 5.95 Å². The predicted octanol–water partition coefficient (Wildman–Crippen LogP) is 14.4. The Morgan fingerprint density at radius 2 is 0.931 bits per heavy atom. The Morgan fingerprint density at radius 3 is 1.71 bits per heavy atom. The number of benzene rings is 9. The lowest BCUT2D eigenvalue weighted by Crippen LogP contribution is -2.03. The van der Waals surface area contributed by atoms with Crippen LogP contribution in [0.2, 0.25) is 0 Å². The Hall–Kier alpha value is -7.82. The number of rotatable bonds is 5. The number of hydrogen-bond acceptors (Lipinski definition) is 3. The Morgan fingerprint density at radius 1 is 0.345 bits per heavy atom. The van der Waals surface area contributed by atoms with Crippen LogP contribution in [-0.2, 0) is 0 Å². The molecule has 12 rings (SSSR count). The number of para-hydroxylation sites is 2. The van der Waals surface area contributed by atoms with E-state index in [1.807, 2.05) is 12.1 Å². The van der Waals surface area contributed by atoms with Gasteiger partial charge in [0.05, 0.1) is 22.2 Å². The zero-order chi connectivity index (χ0) is 38.2. The second kappa shape index (κ2) is 12.9. The molecule has 0 unspecified atom stereocenters. The summed E-state index contributed by atoms with van der Waals surface area (Å²) in [5.74, 6) is 0.634. The quantitative estimate of drug-likeness (QED) is 0.177. The molecule has 3 heterocycles. The van der Waals surface area contributed by atoms with Gasteiger partial charge in [-0.3, -0.25) is 4.57 Å². The fraction of sp³-hybridized carbons (Fsp3) is 0. The van der Waals surface area contributed by atoms with E-state index in [4.69, 9.17) is 14.4 Å². The van der Waals surface area contributed by atoms with Crippen LogP contribution in [0.5, 0.6) is 0 Å². The van der Waals surface area contributed by atoms with Crippen molar-refractivity contribution in [1.29, 1.82) is 0 Å². The van der Waals surface area contributed by atoms with Crippen LogP contribution in [0.4, 0.5) is 0 Å². The summed E-state index contributed by atoms with van der Waals surface area (Å²) in [7, 11) is 0. The van der Waals surface area contributed by atoms with Crippen LogP contribution in [0.15, 0.2) is 205 Å². The maximum absolute atomic E-state index is 6.18. The lowest BCUT2D eigenvalue weighted by molar-refractivity contribution is 0.669. The third kappa shape index (κ3) is 5.16. The molecule has 4 heteroatoms. The molecular weight excluding hydrogens is 707 g/mol. The summed E-state index contributed by atoms with van der Waals surface area (Å²) in [5.41, 5.74) is 13.6. The lowest BCUT2D eigenvalue weighted by Gasteiger charge is -2.14. The van der Waals surface area contributed by atoms with Crippen LogP contribution in [0.1, 0.15) is 0 Å². The van der Waals surface area contributed by atoms with E-state index in [9.17, 15) is 0 Å². The molecule has 0 radical (unpaired) electrons. The first-order chi connectivity index (χ1) is 28.7. The van der Waals surface area contributed by atoms with Crippen LogP contribution in [-0.4, -0.2) is 14.5 Å². The third-order valence-corrected chi connectivity index (χ3v) is 11.6. The van der Waals surface area contributed by atoms with Crippen LogP contribution in [0, 0.1) is 0 Å². The first kappa shape index (κ1) is 32.4. The van der Waals surface area contributed by atoms with Gasteiger partial charge in [-0.25, -0.2) is 9.97 Å². The standard InChI is InChI=1S/C54H33N3O/c1-3-13-34(14-4-1)39-29-40(35-15-5-2-6-16-35)31-41(30-39)53-44-20-9-11-21-47(44)55-54(56-53)57-48-26-24-37(33-46(48)52-42-18-8-7-17-36(42)23-27-49(52)57)38-25-28-51-45(32-38)43-19-10-12-22-50(43)58-51/h1-33H. The molecule has 12 aromatic rings. The van der Waals surface area contributed by atoms with Gasteiger partial charge in [-0.15, -0.1) is 0 Å². The molecule has 0 aliphatic rings. The highest BCUT2D eigenvalue weighted by Gasteiger charge is 2.21. The van der Waals surface area contributed by atoms with Gasteiger partial charge in [0.1, 0.15) is 11.2 Å². The van der Waals surface area contributed by atoms with Crippen molar-refractivity contribution in [3.8, 4) is 50.6 Å². The van der Waals surface area contributed by atoms with Crippen molar-refractivity contribution < 1.29 is 4.42 Å². The van der Waals surface area contributed by atoms with Crippen LogP contribution >= 0.6 is 0 Å². The minimum Gasteiger partial charge on any atom is -0.456 e. The second-order valence-electron chi connectivity index (χ2n) is 15.0. The van der Waals surface area contributed by atoms with Gasteiger partial charge in [0.25, 0.3) is 0 Å². The third-order valence-electron chi connectivity index (χ3n) is 11.6. The molecule has 0 aliphatic heterocycles. The van der Waals surface area contributed by atoms with Crippen LogP contribution in [0.3, 0.4) is 0 Å². The van der Waals surface area contributed by atoms with E-state index in [1.165, 1.54) is 16.2 Å². The fourth-order valence-corrected chi connectivity index (χ4v) is 8.83. The molecule has 0 atom stereocenters. The molecule has 0 aliphatic carbocycles. The highest BCUT2D eigenvalue weighted by atomic mass is 16.3. The molecular formula is C54H33N3O. The van der Waals surface area contributed by atoms with Crippen molar-refractivity contribution in [2.75, 3.05) is 0 Å². The summed E-state index contributed by atoms with van der Waals surface area (Å²) in [5, 5.41) is 7.96. The smallest absolute Gasteiger partial charge is 0.235 e. The molecule has 9 aromatic carbocycles. The van der Waals surface area contributed by atoms with E-state index in [2.05, 4.69) is 193 Å². The molecule has 0 fully saturated rings. The average Bonchev–Trinajstić information content (AvgIpc) is 3.84. The van der Waals surface area contributed by atoms with Gasteiger partial charge in [-0.2, -0.15) is 0 Å². The number of hydrogen-bond donors (Lipinski definition) is 0. The van der Waals surface area contributed by atoms with Gasteiger partial charge in [0.2, 0.25) is 5.95 Å². The van der Waals surface area contributed by atoms with Crippen molar-refractivity contribution in [3.05, 3.63) is 200 Å². The van der Waals surface area contributed by atoms with Gasteiger partial charge < -0.3 is 4.42 Å². The molecule has 0 saturated carbocycles. The normalized spacial score (nSPS) is 11.8. The average molecular weight is 740 g/mol. The Kier molecular flexibility index (Phi) is 7.20. The monoisotopic (exact) mass is 739 g/mol. The van der Waals surface area contributed by atoms with Crippen molar-refractivity contribution in [1.82, 2.24) is 14.5 Å². The first-order valence-electron chi connectivity index (χ1n) is 19.6. The van der Waals surface area contributed by atoms with E-state index in [1.54, 1.807) is 0 Å². The van der Waals surface area contributed by atoms with Crippen LogP contribution < -0.4 is 0 Å². The van der Waals surface area contributed by atoms with Crippen molar-refractivity contribution in [2.24, 2.45) is 0 Å². The molecule has 3 aromatic heterocycles. The Bertz CT molecular complexity index is 3510. The molecule has 0 N–H and O–H groups in total. The molecule has 4 nitrogen and oxygen atoms in total. The highest BCUT2D eigenvalue weighted by Crippen LogP contribution is 2.41. The largest absolute Gasteiger partial charge is 0.456 e. The minimum atomic E-state index is 0.634. The summed E-state index contributed by atoms with van der Waals surface area (Å²) in [6.07, 6.45) is 0. The van der Waals surface area contributed by atoms with E-state index >= 15 is 0 Å². The molecule has 58 heavy (non-hydrogen) atoms. The topological polar surface area (TPSA) is 43.9 Å². The summed E-state index contributed by atoms with van der Waals surface area (Å²) in [6.45, 7) is 0. The van der Waals surface area contributed by atoms with Gasteiger partial charge >= 0.3 is 0 Å². The fourth-order valence-electron chi connectivity index (χ4n) is 8.83. The zero-order valence-electron chi connectivity index (χ0n) is 31.3. The molecule has 0 bridgehead atoms. The maximum atomic E-state index is 6.18. The molecule has 0 saturated heterocycles. The summed E-state index contributed by atoms with van der Waals surface area (Å²) in [4.78, 5) is 10.9. The van der Waals surface area contributed by atoms with Crippen molar-refractivity contribution in [2.45, 2.75) is 0 Å². The number of furan rings is 1. The van der Waals surface area contributed by atoms with Crippen molar-refractivity contribution >= 4 is 65.4 Å². The van der Waals surface area contributed by atoms with E-state index < -0.39 is 0 Å². The van der Waals surface area contributed by atoms with E-state index in [0.717, 1.165) is 93.9 Å². The van der Waals surface area contributed by atoms with E-state index in [-0.39, 0.29) is 0 Å². The number of aromatic nitrogens is 3. The Balaban J connectivity index is 1.12. The number of fused-ring (bicyclic) bond motifs is 9. The van der Waals surface area contributed by atoms with Gasteiger partial charge in [-0.05, 0) is 105 Å². The van der Waals surface area contributed by atoms with Gasteiger partial charge in [0.15, 0.2) is 0 Å². The van der Waals surface area contributed by atoms with Gasteiger partial charge in [-0.1, -0.05) is 140 Å². The Labute approximate surface area is 333 Å². The lowest BCUT2D eigenvalue weighted by atomic mass is 9.94. The number of nitrogens with zero attached hydrogens (tertiary/aromatic N) is 3. The SMILES string of the molecule is c1ccc(-c2cc(-c3ccccc3)cc(-c3nc(-n4c5ccc(-c6ccc7oc8ccccc8c7c6)cc5c5c6ccccc6ccc54)nc4ccccc34)c2)cc1. The highest BCUT2D eigenvalue weighted by molar-refractivity contribution is 6.22. The van der Waals surface area contributed by atoms with Gasteiger partial charge in [0, 0.05) is 32.5 Å². The molecule has 0 spiro atoms.